The second kappa shape index (κ2) is 9.51. The number of amides is 1. The molecule has 2 aromatic rings. The number of halogens is 2. The maximum absolute atomic E-state index is 15.5. The van der Waals surface area contributed by atoms with Gasteiger partial charge in [-0.3, -0.25) is 4.79 Å². The Kier molecular flexibility index (Phi) is 7.39. The summed E-state index contributed by atoms with van der Waals surface area (Å²) in [5.74, 6) is -0.961. The Hall–Kier alpha value is -1.56. The fourth-order valence-corrected chi connectivity index (χ4v) is 5.62. The van der Waals surface area contributed by atoms with Crippen LogP contribution in [0.25, 0.3) is 0 Å². The van der Waals surface area contributed by atoms with Gasteiger partial charge in [0.05, 0.1) is 5.92 Å². The van der Waals surface area contributed by atoms with Crippen molar-refractivity contribution in [3.63, 3.8) is 0 Å². The van der Waals surface area contributed by atoms with Gasteiger partial charge in [0.15, 0.2) is 0 Å². The van der Waals surface area contributed by atoms with Gasteiger partial charge in [0, 0.05) is 47.5 Å². The lowest BCUT2D eigenvalue weighted by Crippen LogP contribution is -2.36. The third-order valence-corrected chi connectivity index (χ3v) is 7.61. The molecule has 6 heteroatoms. The largest absolute Gasteiger partial charge is 0.381 e. The quantitative estimate of drug-likeness (QED) is 0.507. The lowest BCUT2D eigenvalue weighted by Gasteiger charge is -2.38. The third kappa shape index (κ3) is 5.44. The van der Waals surface area contributed by atoms with Gasteiger partial charge in [-0.25, -0.2) is 4.39 Å². The molecular formula is C25H31ClFNO2S. The second-order valence-corrected chi connectivity index (χ2v) is 11.3. The smallest absolute Gasteiger partial charge is 0.230 e. The Labute approximate surface area is 194 Å². The van der Waals surface area contributed by atoms with Gasteiger partial charge in [0.2, 0.25) is 5.91 Å². The molecule has 0 aromatic heterocycles. The van der Waals surface area contributed by atoms with Crippen LogP contribution in [0.2, 0.25) is 5.02 Å². The molecule has 31 heavy (non-hydrogen) atoms. The molecule has 3 nitrogen and oxygen atoms in total. The molecule has 0 radical (unpaired) electrons. The van der Waals surface area contributed by atoms with E-state index in [-0.39, 0.29) is 16.5 Å². The van der Waals surface area contributed by atoms with Crippen molar-refractivity contribution in [3.05, 3.63) is 64.4 Å². The van der Waals surface area contributed by atoms with E-state index in [1.54, 1.807) is 36.8 Å². The summed E-state index contributed by atoms with van der Waals surface area (Å²) in [6.45, 7) is 7.19. The van der Waals surface area contributed by atoms with Crippen LogP contribution in [-0.2, 0) is 14.3 Å². The fraction of sp³-hybridized carbons (Fsp3) is 0.480. The molecule has 0 saturated carbocycles. The number of rotatable bonds is 5. The molecule has 1 saturated heterocycles. The van der Waals surface area contributed by atoms with Crippen molar-refractivity contribution in [1.82, 2.24) is 4.90 Å². The van der Waals surface area contributed by atoms with Crippen molar-refractivity contribution in [2.24, 2.45) is 5.41 Å². The summed E-state index contributed by atoms with van der Waals surface area (Å²) in [4.78, 5) is 15.5. The van der Waals surface area contributed by atoms with Crippen molar-refractivity contribution < 1.29 is 13.9 Å². The van der Waals surface area contributed by atoms with Crippen LogP contribution >= 0.6 is 23.4 Å². The van der Waals surface area contributed by atoms with E-state index in [0.29, 0.717) is 23.8 Å². The number of thioether (sulfide) groups is 1. The van der Waals surface area contributed by atoms with Gasteiger partial charge in [0.25, 0.3) is 0 Å². The van der Waals surface area contributed by atoms with Crippen LogP contribution in [0.4, 0.5) is 4.39 Å². The van der Waals surface area contributed by atoms with Crippen LogP contribution in [0.15, 0.2) is 47.4 Å². The maximum atomic E-state index is 15.5. The lowest BCUT2D eigenvalue weighted by atomic mass is 9.75. The van der Waals surface area contributed by atoms with Crippen LogP contribution in [-0.4, -0.2) is 38.1 Å². The second-order valence-electron chi connectivity index (χ2n) is 9.43. The number of carbonyl (C=O) groups excluding carboxylic acids is 1. The molecule has 0 bridgehead atoms. The number of hydrogen-bond donors (Lipinski definition) is 0. The van der Waals surface area contributed by atoms with Gasteiger partial charge >= 0.3 is 0 Å². The summed E-state index contributed by atoms with van der Waals surface area (Å²) in [7, 11) is 3.43. The predicted molar refractivity (Wildman–Crippen MR) is 126 cm³/mol. The number of likely N-dealkylation sites (N-methyl/N-ethyl adjacent to an activating group) is 1. The molecule has 1 heterocycles. The first-order chi connectivity index (χ1) is 14.5. The van der Waals surface area contributed by atoms with E-state index in [2.05, 4.69) is 0 Å². The standard InChI is InChI=1S/C25H31ClFNO2S/c1-24(2,3)22(23(29)28(4)5)20-11-6-17(16-21(20)27)25(12-14-30-15-13-25)31-19-9-7-18(26)8-10-19/h6-11,16,22H,12-15H2,1-5H3. The summed E-state index contributed by atoms with van der Waals surface area (Å²) in [5.41, 5.74) is 0.980. The van der Waals surface area contributed by atoms with Crippen LogP contribution in [0.5, 0.6) is 0 Å². The van der Waals surface area contributed by atoms with Crippen molar-refractivity contribution >= 4 is 29.3 Å². The summed E-state index contributed by atoms with van der Waals surface area (Å²) in [5, 5.41) is 0.694. The topological polar surface area (TPSA) is 29.5 Å². The molecule has 1 aliphatic rings. The Morgan fingerprint density at radius 1 is 1.13 bits per heavy atom. The minimum Gasteiger partial charge on any atom is -0.381 e. The lowest BCUT2D eigenvalue weighted by molar-refractivity contribution is -0.132. The highest BCUT2D eigenvalue weighted by Crippen LogP contribution is 2.49. The van der Waals surface area contributed by atoms with Crippen molar-refractivity contribution in [2.45, 2.75) is 49.2 Å². The van der Waals surface area contributed by atoms with Crippen molar-refractivity contribution in [2.75, 3.05) is 27.3 Å². The van der Waals surface area contributed by atoms with Crippen LogP contribution in [0, 0.1) is 11.2 Å². The van der Waals surface area contributed by atoms with Gasteiger partial charge in [-0.05, 0) is 54.2 Å². The van der Waals surface area contributed by atoms with E-state index in [1.807, 2.05) is 57.2 Å². The average molecular weight is 464 g/mol. The van der Waals surface area contributed by atoms with Crippen LogP contribution in [0.3, 0.4) is 0 Å². The molecule has 3 rings (SSSR count). The number of hydrogen-bond acceptors (Lipinski definition) is 3. The van der Waals surface area contributed by atoms with E-state index >= 15 is 4.39 Å². The van der Waals surface area contributed by atoms with Gasteiger partial charge in [-0.15, -0.1) is 11.8 Å². The minimum absolute atomic E-state index is 0.0875. The van der Waals surface area contributed by atoms with Gasteiger partial charge in [-0.2, -0.15) is 0 Å². The fourth-order valence-electron chi connectivity index (χ4n) is 4.15. The summed E-state index contributed by atoms with van der Waals surface area (Å²) < 4.78 is 20.9. The molecular weight excluding hydrogens is 433 g/mol. The number of ether oxygens (including phenoxy) is 1. The zero-order valence-corrected chi connectivity index (χ0v) is 20.4. The van der Waals surface area contributed by atoms with Crippen LogP contribution in [0.1, 0.15) is 50.7 Å². The summed E-state index contributed by atoms with van der Waals surface area (Å²) in [6, 6.07) is 13.2. The van der Waals surface area contributed by atoms with E-state index < -0.39 is 11.3 Å². The zero-order chi connectivity index (χ0) is 22.8. The molecule has 0 N–H and O–H groups in total. The number of nitrogens with zero attached hydrogens (tertiary/aromatic N) is 1. The van der Waals surface area contributed by atoms with E-state index in [0.717, 1.165) is 23.3 Å². The van der Waals surface area contributed by atoms with E-state index in [4.69, 9.17) is 16.3 Å². The zero-order valence-electron chi connectivity index (χ0n) is 18.9. The Morgan fingerprint density at radius 2 is 1.74 bits per heavy atom. The normalized spacial score (nSPS) is 17.3. The molecule has 2 aromatic carbocycles. The van der Waals surface area contributed by atoms with Crippen molar-refractivity contribution in [3.8, 4) is 0 Å². The van der Waals surface area contributed by atoms with E-state index in [1.165, 1.54) is 0 Å². The molecule has 168 valence electrons. The Morgan fingerprint density at radius 3 is 2.26 bits per heavy atom. The first-order valence-electron chi connectivity index (χ1n) is 10.6. The van der Waals surface area contributed by atoms with Crippen molar-refractivity contribution in [1.29, 1.82) is 0 Å². The SMILES string of the molecule is CN(C)C(=O)C(c1ccc(C2(Sc3ccc(Cl)cc3)CCOCC2)cc1F)C(C)(C)C. The summed E-state index contributed by atoms with van der Waals surface area (Å²) in [6.07, 6.45) is 1.58. The Balaban J connectivity index is 2.01. The van der Waals surface area contributed by atoms with Gasteiger partial charge in [-0.1, -0.05) is 44.5 Å². The van der Waals surface area contributed by atoms with Crippen LogP contribution < -0.4 is 0 Å². The average Bonchev–Trinajstić information content (AvgIpc) is 2.70. The molecule has 0 spiro atoms. The highest BCUT2D eigenvalue weighted by Gasteiger charge is 2.39. The highest BCUT2D eigenvalue weighted by atomic mass is 35.5. The summed E-state index contributed by atoms with van der Waals surface area (Å²) >= 11 is 7.78. The molecule has 1 fully saturated rings. The molecule has 1 aliphatic heterocycles. The monoisotopic (exact) mass is 463 g/mol. The predicted octanol–water partition coefficient (Wildman–Crippen LogP) is 6.50. The first kappa shape index (κ1) is 24.1. The van der Waals surface area contributed by atoms with Gasteiger partial charge in [0.1, 0.15) is 5.82 Å². The Bertz CT molecular complexity index is 918. The third-order valence-electron chi connectivity index (χ3n) is 5.82. The van der Waals surface area contributed by atoms with Gasteiger partial charge < -0.3 is 9.64 Å². The number of carbonyl (C=O) groups is 1. The molecule has 1 atom stereocenters. The molecule has 0 aliphatic carbocycles. The maximum Gasteiger partial charge on any atom is 0.230 e. The molecule has 1 amide bonds. The minimum atomic E-state index is -0.550. The first-order valence-corrected chi connectivity index (χ1v) is 11.8. The van der Waals surface area contributed by atoms with E-state index in [9.17, 15) is 4.79 Å². The number of benzene rings is 2. The highest BCUT2D eigenvalue weighted by molar-refractivity contribution is 8.00. The molecule has 1 unspecified atom stereocenters.